The van der Waals surface area contributed by atoms with Gasteiger partial charge in [0.15, 0.2) is 11.6 Å². The molecular formula is C14H17N5. The second-order valence-electron chi connectivity index (χ2n) is 4.64. The lowest BCUT2D eigenvalue weighted by molar-refractivity contribution is 0.931. The van der Waals surface area contributed by atoms with Gasteiger partial charge >= 0.3 is 0 Å². The molecule has 1 aliphatic heterocycles. The van der Waals surface area contributed by atoms with Crippen molar-refractivity contribution in [2.45, 2.75) is 12.8 Å². The van der Waals surface area contributed by atoms with Crippen LogP contribution in [0, 0.1) is 0 Å². The van der Waals surface area contributed by atoms with Gasteiger partial charge in [0.25, 0.3) is 0 Å². The number of hydrogen-bond acceptors (Lipinski definition) is 5. The molecule has 3 rings (SSSR count). The highest BCUT2D eigenvalue weighted by atomic mass is 15.2. The van der Waals surface area contributed by atoms with E-state index in [-0.39, 0.29) is 0 Å². The fourth-order valence-corrected chi connectivity index (χ4v) is 2.33. The third-order valence-corrected chi connectivity index (χ3v) is 3.31. The van der Waals surface area contributed by atoms with E-state index >= 15 is 0 Å². The highest BCUT2D eigenvalue weighted by Crippen LogP contribution is 2.30. The molecule has 1 saturated heterocycles. The maximum Gasteiger partial charge on any atom is 0.159 e. The van der Waals surface area contributed by atoms with Gasteiger partial charge in [0, 0.05) is 18.8 Å². The maximum absolute atomic E-state index is 6.18. The molecule has 1 aromatic carbocycles. The van der Waals surface area contributed by atoms with Gasteiger partial charge in [-0.3, -0.25) is 0 Å². The van der Waals surface area contributed by atoms with Gasteiger partial charge in [0.2, 0.25) is 0 Å². The summed E-state index contributed by atoms with van der Waals surface area (Å²) in [6, 6.07) is 9.89. The van der Waals surface area contributed by atoms with Crippen LogP contribution in [0.15, 0.2) is 36.7 Å². The summed E-state index contributed by atoms with van der Waals surface area (Å²) in [5.41, 5.74) is 7.77. The Kier molecular flexibility index (Phi) is 3.18. The highest BCUT2D eigenvalue weighted by Gasteiger charge is 2.18. The van der Waals surface area contributed by atoms with E-state index in [4.69, 9.17) is 5.73 Å². The van der Waals surface area contributed by atoms with Crippen LogP contribution in [0.3, 0.4) is 0 Å². The molecule has 0 amide bonds. The minimum Gasteiger partial charge on any atom is -0.393 e. The van der Waals surface area contributed by atoms with Gasteiger partial charge in [-0.1, -0.05) is 18.2 Å². The molecule has 2 heterocycles. The zero-order valence-corrected chi connectivity index (χ0v) is 10.7. The summed E-state index contributed by atoms with van der Waals surface area (Å²) >= 11 is 0. The molecule has 0 radical (unpaired) electrons. The second-order valence-corrected chi connectivity index (χ2v) is 4.64. The van der Waals surface area contributed by atoms with Crippen LogP contribution < -0.4 is 16.0 Å². The van der Waals surface area contributed by atoms with Gasteiger partial charge in [-0.2, -0.15) is 0 Å². The summed E-state index contributed by atoms with van der Waals surface area (Å²) in [6.45, 7) is 2.04. The van der Waals surface area contributed by atoms with Crippen LogP contribution in [-0.2, 0) is 0 Å². The Morgan fingerprint density at radius 1 is 1.05 bits per heavy atom. The predicted octanol–water partition coefficient (Wildman–Crippen LogP) is 2.40. The molecule has 1 fully saturated rings. The Bertz CT molecular complexity index is 549. The molecule has 2 aromatic rings. The van der Waals surface area contributed by atoms with Crippen LogP contribution in [-0.4, -0.2) is 23.1 Å². The van der Waals surface area contributed by atoms with Crippen molar-refractivity contribution < 1.29 is 0 Å². The van der Waals surface area contributed by atoms with Crippen LogP contribution in [0.1, 0.15) is 12.8 Å². The largest absolute Gasteiger partial charge is 0.393 e. The SMILES string of the molecule is Nc1c(Nc2ccccc2)ncnc1N1CCCC1. The van der Waals surface area contributed by atoms with E-state index in [2.05, 4.69) is 20.2 Å². The Morgan fingerprint density at radius 2 is 1.79 bits per heavy atom. The lowest BCUT2D eigenvalue weighted by Crippen LogP contribution is -2.21. The first-order valence-electron chi connectivity index (χ1n) is 6.52. The summed E-state index contributed by atoms with van der Waals surface area (Å²) in [7, 11) is 0. The third-order valence-electron chi connectivity index (χ3n) is 3.31. The van der Waals surface area contributed by atoms with Gasteiger partial charge in [-0.15, -0.1) is 0 Å². The summed E-state index contributed by atoms with van der Waals surface area (Å²) < 4.78 is 0. The molecule has 0 atom stereocenters. The molecule has 5 heteroatoms. The number of nitrogens with zero attached hydrogens (tertiary/aromatic N) is 3. The number of para-hydroxylation sites is 1. The monoisotopic (exact) mass is 255 g/mol. The Labute approximate surface area is 112 Å². The van der Waals surface area contributed by atoms with Gasteiger partial charge in [0.05, 0.1) is 0 Å². The van der Waals surface area contributed by atoms with Gasteiger partial charge < -0.3 is 16.0 Å². The summed E-state index contributed by atoms with van der Waals surface area (Å²) in [5.74, 6) is 1.51. The van der Waals surface area contributed by atoms with Crippen molar-refractivity contribution in [3.63, 3.8) is 0 Å². The van der Waals surface area contributed by atoms with Crippen LogP contribution >= 0.6 is 0 Å². The predicted molar refractivity (Wildman–Crippen MR) is 77.6 cm³/mol. The average Bonchev–Trinajstić information content (AvgIpc) is 2.96. The molecule has 5 nitrogen and oxygen atoms in total. The number of nitrogens with two attached hydrogens (primary N) is 1. The molecule has 1 aliphatic rings. The molecule has 0 spiro atoms. The molecule has 19 heavy (non-hydrogen) atoms. The number of aromatic nitrogens is 2. The quantitative estimate of drug-likeness (QED) is 0.881. The smallest absolute Gasteiger partial charge is 0.159 e. The summed E-state index contributed by atoms with van der Waals surface area (Å²) in [4.78, 5) is 10.8. The van der Waals surface area contributed by atoms with Gasteiger partial charge in [-0.05, 0) is 25.0 Å². The number of hydrogen-bond donors (Lipinski definition) is 2. The topological polar surface area (TPSA) is 67.1 Å². The minimum atomic E-state index is 0.619. The van der Waals surface area contributed by atoms with Crippen LogP contribution in [0.25, 0.3) is 0 Å². The van der Waals surface area contributed by atoms with Crippen LogP contribution in [0.5, 0.6) is 0 Å². The second kappa shape index (κ2) is 5.14. The highest BCUT2D eigenvalue weighted by molar-refractivity contribution is 5.78. The average molecular weight is 255 g/mol. The number of rotatable bonds is 3. The van der Waals surface area contributed by atoms with E-state index in [0.717, 1.165) is 24.6 Å². The van der Waals surface area contributed by atoms with Gasteiger partial charge in [0.1, 0.15) is 12.0 Å². The normalized spacial score (nSPS) is 14.6. The van der Waals surface area contributed by atoms with Crippen LogP contribution in [0.4, 0.5) is 23.0 Å². The number of nitrogens with one attached hydrogen (secondary N) is 1. The number of anilines is 4. The van der Waals surface area contributed by atoms with Crippen molar-refractivity contribution in [3.8, 4) is 0 Å². The molecule has 0 bridgehead atoms. The fourth-order valence-electron chi connectivity index (χ4n) is 2.33. The molecule has 98 valence electrons. The number of nitrogen functional groups attached to an aromatic ring is 1. The van der Waals surface area contributed by atoms with E-state index < -0.39 is 0 Å². The fraction of sp³-hybridized carbons (Fsp3) is 0.286. The first-order valence-corrected chi connectivity index (χ1v) is 6.52. The summed E-state index contributed by atoms with van der Waals surface area (Å²) in [6.07, 6.45) is 3.96. The molecule has 1 aromatic heterocycles. The van der Waals surface area contributed by atoms with Crippen molar-refractivity contribution in [1.82, 2.24) is 9.97 Å². The van der Waals surface area contributed by atoms with Crippen LogP contribution in [0.2, 0.25) is 0 Å². The third kappa shape index (κ3) is 2.45. The molecule has 0 saturated carbocycles. The van der Waals surface area contributed by atoms with Crippen molar-refractivity contribution >= 4 is 23.0 Å². The molecule has 3 N–H and O–H groups in total. The first-order chi connectivity index (χ1) is 9.34. The Balaban J connectivity index is 1.88. The number of benzene rings is 1. The minimum absolute atomic E-state index is 0.619. The van der Waals surface area contributed by atoms with Gasteiger partial charge in [-0.25, -0.2) is 9.97 Å². The lowest BCUT2D eigenvalue weighted by atomic mass is 10.3. The van der Waals surface area contributed by atoms with Crippen molar-refractivity contribution in [3.05, 3.63) is 36.7 Å². The van der Waals surface area contributed by atoms with E-state index in [0.29, 0.717) is 11.5 Å². The van der Waals surface area contributed by atoms with E-state index in [9.17, 15) is 0 Å². The summed E-state index contributed by atoms with van der Waals surface area (Å²) in [5, 5.41) is 3.23. The standard InChI is InChI=1S/C14H17N5/c15-12-13(18-11-6-2-1-3-7-11)16-10-17-14(12)19-8-4-5-9-19/h1-3,6-7,10H,4-5,8-9,15H2,(H,16,17,18). The Morgan fingerprint density at radius 3 is 2.53 bits per heavy atom. The zero-order valence-electron chi connectivity index (χ0n) is 10.7. The van der Waals surface area contributed by atoms with Crippen molar-refractivity contribution in [2.75, 3.05) is 29.0 Å². The van der Waals surface area contributed by atoms with E-state index in [1.165, 1.54) is 12.8 Å². The van der Waals surface area contributed by atoms with Crippen molar-refractivity contribution in [1.29, 1.82) is 0 Å². The zero-order chi connectivity index (χ0) is 13.1. The van der Waals surface area contributed by atoms with E-state index in [1.807, 2.05) is 30.3 Å². The first kappa shape index (κ1) is 11.8. The molecular weight excluding hydrogens is 238 g/mol. The maximum atomic E-state index is 6.18. The molecule has 0 aliphatic carbocycles. The van der Waals surface area contributed by atoms with E-state index in [1.54, 1.807) is 6.33 Å². The van der Waals surface area contributed by atoms with Crippen molar-refractivity contribution in [2.24, 2.45) is 0 Å². The molecule has 0 unspecified atom stereocenters. The lowest BCUT2D eigenvalue weighted by Gasteiger charge is -2.19. The Hall–Kier alpha value is -2.30.